The van der Waals surface area contributed by atoms with Gasteiger partial charge in [-0.05, 0) is 15.5 Å². The topological polar surface area (TPSA) is 103 Å². The van der Waals surface area contributed by atoms with Crippen molar-refractivity contribution in [1.29, 1.82) is 0 Å². The number of methoxy groups -OCH3 is 1. The first-order valence-corrected chi connectivity index (χ1v) is 3.02. The molecular weight excluding hydrogens is 164 g/mol. The molecule has 0 bridgehead atoms. The van der Waals surface area contributed by atoms with Crippen LogP contribution < -0.4 is 4.74 Å². The van der Waals surface area contributed by atoms with Crippen molar-refractivity contribution in [1.82, 2.24) is 30.9 Å². The summed E-state index contributed by atoms with van der Waals surface area (Å²) in [6, 6.07) is 0. The van der Waals surface area contributed by atoms with Gasteiger partial charge in [-0.15, -0.1) is 10.2 Å². The van der Waals surface area contributed by atoms with Crippen LogP contribution in [0.1, 0.15) is 0 Å². The zero-order chi connectivity index (χ0) is 8.39. The van der Waals surface area contributed by atoms with Crippen LogP contribution in [0.4, 0.5) is 0 Å². The van der Waals surface area contributed by atoms with Gasteiger partial charge in [-0.25, -0.2) is 4.63 Å². The second-order valence-electron chi connectivity index (χ2n) is 1.86. The number of aromatic amines is 1. The molecule has 12 heavy (non-hydrogen) atoms. The number of tetrazole rings is 1. The van der Waals surface area contributed by atoms with E-state index in [4.69, 9.17) is 4.74 Å². The van der Waals surface area contributed by atoms with Gasteiger partial charge in [-0.1, -0.05) is 0 Å². The number of rotatable bonds is 2. The van der Waals surface area contributed by atoms with Gasteiger partial charge in [0.15, 0.2) is 0 Å². The Labute approximate surface area is 65.9 Å². The molecule has 2 aromatic rings. The second kappa shape index (κ2) is 2.57. The third-order valence-electron chi connectivity index (χ3n) is 1.21. The van der Waals surface area contributed by atoms with Gasteiger partial charge in [0.1, 0.15) is 0 Å². The average molecular weight is 168 g/mol. The van der Waals surface area contributed by atoms with E-state index in [1.807, 2.05) is 0 Å². The number of aromatic nitrogens is 6. The Morgan fingerprint density at radius 2 is 2.33 bits per heavy atom. The van der Waals surface area contributed by atoms with Gasteiger partial charge in [0.25, 0.3) is 5.88 Å². The molecule has 0 radical (unpaired) electrons. The summed E-state index contributed by atoms with van der Waals surface area (Å²) < 4.78 is 9.23. The lowest BCUT2D eigenvalue weighted by Gasteiger charge is -1.89. The van der Waals surface area contributed by atoms with E-state index in [9.17, 15) is 0 Å². The SMILES string of the molecule is COc1nonc1-c1nn[nH]n1. The third-order valence-corrected chi connectivity index (χ3v) is 1.21. The molecule has 2 rings (SSSR count). The molecule has 0 aliphatic carbocycles. The molecule has 0 saturated heterocycles. The lowest BCUT2D eigenvalue weighted by molar-refractivity contribution is 0.281. The molecular formula is C4H4N6O2. The minimum Gasteiger partial charge on any atom is -0.477 e. The summed E-state index contributed by atoms with van der Waals surface area (Å²) in [4.78, 5) is 0. The molecule has 8 heteroatoms. The summed E-state index contributed by atoms with van der Waals surface area (Å²) in [5.74, 6) is 0.518. The van der Waals surface area contributed by atoms with E-state index in [0.717, 1.165) is 0 Å². The van der Waals surface area contributed by atoms with Crippen molar-refractivity contribution < 1.29 is 9.37 Å². The maximum Gasteiger partial charge on any atom is 0.287 e. The average Bonchev–Trinajstić information content (AvgIpc) is 2.74. The van der Waals surface area contributed by atoms with Crippen molar-refractivity contribution >= 4 is 0 Å². The third kappa shape index (κ3) is 0.892. The Morgan fingerprint density at radius 1 is 1.42 bits per heavy atom. The first-order valence-electron chi connectivity index (χ1n) is 3.02. The van der Waals surface area contributed by atoms with Gasteiger partial charge in [0.05, 0.1) is 7.11 Å². The fourth-order valence-corrected chi connectivity index (χ4v) is 0.713. The van der Waals surface area contributed by atoms with Crippen LogP contribution in [0.3, 0.4) is 0 Å². The molecule has 0 aliphatic rings. The smallest absolute Gasteiger partial charge is 0.287 e. The lowest BCUT2D eigenvalue weighted by Crippen LogP contribution is -1.88. The molecule has 2 aromatic heterocycles. The van der Waals surface area contributed by atoms with E-state index < -0.39 is 0 Å². The van der Waals surface area contributed by atoms with Crippen molar-refractivity contribution in [2.45, 2.75) is 0 Å². The van der Waals surface area contributed by atoms with Crippen LogP contribution in [-0.4, -0.2) is 38.0 Å². The quantitative estimate of drug-likeness (QED) is 0.629. The summed E-state index contributed by atoms with van der Waals surface area (Å²) in [5, 5.41) is 20.0. The fraction of sp³-hybridized carbons (Fsp3) is 0.250. The minimum atomic E-state index is 0.233. The van der Waals surface area contributed by atoms with Crippen LogP contribution in [0, 0.1) is 0 Å². The predicted molar refractivity (Wildman–Crippen MR) is 34.0 cm³/mol. The Morgan fingerprint density at radius 3 is 3.00 bits per heavy atom. The fourth-order valence-electron chi connectivity index (χ4n) is 0.713. The predicted octanol–water partition coefficient (Wildman–Crippen LogP) is -0.742. The van der Waals surface area contributed by atoms with E-state index in [2.05, 4.69) is 35.6 Å². The van der Waals surface area contributed by atoms with Crippen LogP contribution in [0.2, 0.25) is 0 Å². The van der Waals surface area contributed by atoms with Gasteiger partial charge in [0, 0.05) is 0 Å². The lowest BCUT2D eigenvalue weighted by atomic mass is 10.4. The number of hydrogen-bond acceptors (Lipinski definition) is 7. The summed E-state index contributed by atoms with van der Waals surface area (Å²) in [6.45, 7) is 0. The highest BCUT2D eigenvalue weighted by atomic mass is 16.6. The maximum absolute atomic E-state index is 4.82. The van der Waals surface area contributed by atoms with Crippen molar-refractivity contribution in [3.8, 4) is 17.4 Å². The van der Waals surface area contributed by atoms with Gasteiger partial charge in [-0.2, -0.15) is 5.21 Å². The first kappa shape index (κ1) is 6.70. The Balaban J connectivity index is 2.46. The molecule has 0 spiro atoms. The summed E-state index contributed by atoms with van der Waals surface area (Å²) >= 11 is 0. The molecule has 0 saturated carbocycles. The number of H-pyrrole nitrogens is 1. The highest BCUT2D eigenvalue weighted by Gasteiger charge is 2.16. The monoisotopic (exact) mass is 168 g/mol. The van der Waals surface area contributed by atoms with Crippen molar-refractivity contribution in [2.75, 3.05) is 7.11 Å². The van der Waals surface area contributed by atoms with Crippen molar-refractivity contribution in [2.24, 2.45) is 0 Å². The van der Waals surface area contributed by atoms with Crippen LogP contribution in [0.15, 0.2) is 4.63 Å². The van der Waals surface area contributed by atoms with Gasteiger partial charge < -0.3 is 4.74 Å². The number of ether oxygens (including phenoxy) is 1. The molecule has 8 nitrogen and oxygen atoms in total. The molecule has 0 atom stereocenters. The highest BCUT2D eigenvalue weighted by Crippen LogP contribution is 2.20. The van der Waals surface area contributed by atoms with E-state index >= 15 is 0 Å². The largest absolute Gasteiger partial charge is 0.477 e. The van der Waals surface area contributed by atoms with E-state index in [-0.39, 0.29) is 11.7 Å². The van der Waals surface area contributed by atoms with E-state index in [0.29, 0.717) is 5.69 Å². The van der Waals surface area contributed by atoms with Gasteiger partial charge >= 0.3 is 0 Å². The van der Waals surface area contributed by atoms with Crippen LogP contribution in [-0.2, 0) is 0 Å². The van der Waals surface area contributed by atoms with Crippen molar-refractivity contribution in [3.05, 3.63) is 0 Å². The van der Waals surface area contributed by atoms with Gasteiger partial charge in [-0.3, -0.25) is 0 Å². The molecule has 0 fully saturated rings. The number of hydrogen-bond donors (Lipinski definition) is 1. The highest BCUT2D eigenvalue weighted by molar-refractivity contribution is 5.53. The summed E-state index contributed by atoms with van der Waals surface area (Å²) in [7, 11) is 1.45. The van der Waals surface area contributed by atoms with Crippen LogP contribution in [0.25, 0.3) is 11.5 Å². The molecule has 1 N–H and O–H groups in total. The zero-order valence-electron chi connectivity index (χ0n) is 6.05. The van der Waals surface area contributed by atoms with E-state index in [1.165, 1.54) is 7.11 Å². The summed E-state index contributed by atoms with van der Waals surface area (Å²) in [6.07, 6.45) is 0. The van der Waals surface area contributed by atoms with E-state index in [1.54, 1.807) is 0 Å². The molecule has 0 aliphatic heterocycles. The standard InChI is InChI=1S/C4H4N6O2/c1-11-4-2(7-12-8-4)3-5-9-10-6-3/h1H3,(H,5,6,9,10). The molecule has 0 aromatic carbocycles. The number of nitrogens with one attached hydrogen (secondary N) is 1. The molecule has 0 amide bonds. The zero-order valence-corrected chi connectivity index (χ0v) is 6.05. The minimum absolute atomic E-state index is 0.233. The van der Waals surface area contributed by atoms with Crippen LogP contribution >= 0.6 is 0 Å². The van der Waals surface area contributed by atoms with Crippen LogP contribution in [0.5, 0.6) is 5.88 Å². The maximum atomic E-state index is 4.82. The molecule has 0 unspecified atom stereocenters. The molecule has 2 heterocycles. The Kier molecular flexibility index (Phi) is 1.43. The normalized spacial score (nSPS) is 10.1. The first-order chi connectivity index (χ1) is 5.92. The molecule has 62 valence electrons. The van der Waals surface area contributed by atoms with Crippen molar-refractivity contribution in [3.63, 3.8) is 0 Å². The number of nitrogens with zero attached hydrogens (tertiary/aromatic N) is 5. The Bertz CT molecular complexity index is 353. The second-order valence-corrected chi connectivity index (χ2v) is 1.86. The summed E-state index contributed by atoms with van der Waals surface area (Å²) in [5.41, 5.74) is 0.325. The Hall–Kier alpha value is -1.99. The van der Waals surface area contributed by atoms with Gasteiger partial charge in [0.2, 0.25) is 11.5 Å².